The molecule has 0 aliphatic carbocycles. The zero-order valence-corrected chi connectivity index (χ0v) is 17.5. The van der Waals surface area contributed by atoms with Gasteiger partial charge in [-0.05, 0) is 46.9 Å². The topological polar surface area (TPSA) is 125 Å². The number of amides is 2. The van der Waals surface area contributed by atoms with Crippen molar-refractivity contribution in [1.82, 2.24) is 15.0 Å². The Morgan fingerprint density at radius 3 is 2.61 bits per heavy atom. The van der Waals surface area contributed by atoms with E-state index < -0.39 is 11.8 Å². The van der Waals surface area contributed by atoms with Gasteiger partial charge in [0, 0.05) is 13.1 Å². The molecule has 3 aromatic rings. The lowest BCUT2D eigenvalue weighted by Crippen LogP contribution is -2.25. The molecule has 2 amide bonds. The van der Waals surface area contributed by atoms with Crippen LogP contribution in [0.3, 0.4) is 0 Å². The van der Waals surface area contributed by atoms with Crippen LogP contribution in [0.2, 0.25) is 0 Å². The van der Waals surface area contributed by atoms with Gasteiger partial charge in [0.2, 0.25) is 6.79 Å². The molecule has 1 aliphatic rings. The molecule has 0 atom stereocenters. The van der Waals surface area contributed by atoms with E-state index in [0.717, 1.165) is 22.7 Å². The third-order valence-electron chi connectivity index (χ3n) is 4.63. The second-order valence-corrected chi connectivity index (χ2v) is 7.45. The van der Waals surface area contributed by atoms with Crippen LogP contribution in [0.4, 0.5) is 5.69 Å². The largest absolute Gasteiger partial charge is 0.497 e. The summed E-state index contributed by atoms with van der Waals surface area (Å²) in [6.07, 6.45) is 0. The van der Waals surface area contributed by atoms with Crippen molar-refractivity contribution in [3.8, 4) is 17.2 Å². The maximum Gasteiger partial charge on any atom is 0.273 e. The fourth-order valence-corrected chi connectivity index (χ4v) is 3.70. The molecule has 0 unspecified atom stereocenters. The first-order chi connectivity index (χ1) is 15.0. The Morgan fingerprint density at radius 1 is 1.06 bits per heavy atom. The Morgan fingerprint density at radius 2 is 1.81 bits per heavy atom. The van der Waals surface area contributed by atoms with E-state index in [9.17, 15) is 9.59 Å². The van der Waals surface area contributed by atoms with Gasteiger partial charge >= 0.3 is 0 Å². The summed E-state index contributed by atoms with van der Waals surface area (Å²) in [6, 6.07) is 12.8. The molecule has 0 saturated carbocycles. The summed E-state index contributed by atoms with van der Waals surface area (Å²) in [5, 5.41) is 5.53. The molecule has 0 bridgehead atoms. The van der Waals surface area contributed by atoms with E-state index in [4.69, 9.17) is 19.9 Å². The van der Waals surface area contributed by atoms with Gasteiger partial charge in [-0.2, -0.15) is 4.37 Å². The molecule has 1 aliphatic heterocycles. The molecular weight excluding hydrogens is 420 g/mol. The molecule has 0 fully saturated rings. The zero-order chi connectivity index (χ0) is 21.8. The van der Waals surface area contributed by atoms with Crippen molar-refractivity contribution >= 4 is 29.0 Å². The molecule has 10 heteroatoms. The molecule has 2 aromatic carbocycles. The smallest absolute Gasteiger partial charge is 0.273 e. The fraction of sp³-hybridized carbons (Fsp3) is 0.190. The fourth-order valence-electron chi connectivity index (χ4n) is 2.99. The van der Waals surface area contributed by atoms with Crippen LogP contribution in [0.1, 0.15) is 31.3 Å². The first-order valence-electron chi connectivity index (χ1n) is 9.38. The van der Waals surface area contributed by atoms with Crippen LogP contribution < -0.4 is 30.6 Å². The number of nitrogens with two attached hydrogens (primary N) is 1. The Kier molecular flexibility index (Phi) is 5.89. The molecule has 4 rings (SSSR count). The number of ether oxygens (including phenoxy) is 3. The number of nitrogens with one attached hydrogen (secondary N) is 2. The number of methoxy groups -OCH3 is 1. The van der Waals surface area contributed by atoms with Crippen LogP contribution in [0, 0.1) is 0 Å². The minimum atomic E-state index is -0.452. The van der Waals surface area contributed by atoms with E-state index in [1.165, 1.54) is 0 Å². The number of aromatic nitrogens is 1. The van der Waals surface area contributed by atoms with Gasteiger partial charge in [0.1, 0.15) is 10.6 Å². The summed E-state index contributed by atoms with van der Waals surface area (Å²) in [4.78, 5) is 25.2. The molecule has 2 heterocycles. The van der Waals surface area contributed by atoms with Crippen LogP contribution in [-0.2, 0) is 13.1 Å². The average Bonchev–Trinajstić information content (AvgIpc) is 3.42. The molecule has 160 valence electrons. The Hall–Kier alpha value is -3.79. The predicted octanol–water partition coefficient (Wildman–Crippen LogP) is 2.32. The number of hydrogen-bond donors (Lipinski definition) is 3. The maximum atomic E-state index is 12.5. The Bertz CT molecular complexity index is 1130. The van der Waals surface area contributed by atoms with Crippen molar-refractivity contribution in [3.05, 3.63) is 64.2 Å². The monoisotopic (exact) mass is 440 g/mol. The first kappa shape index (κ1) is 20.5. The van der Waals surface area contributed by atoms with Gasteiger partial charge < -0.3 is 30.6 Å². The van der Waals surface area contributed by atoms with Gasteiger partial charge in [-0.3, -0.25) is 9.59 Å². The van der Waals surface area contributed by atoms with Crippen molar-refractivity contribution < 1.29 is 23.8 Å². The highest BCUT2D eigenvalue weighted by atomic mass is 32.1. The number of carbonyl (C=O) groups is 2. The summed E-state index contributed by atoms with van der Waals surface area (Å²) in [5.41, 5.74) is 7.82. The molecule has 0 saturated heterocycles. The lowest BCUT2D eigenvalue weighted by molar-refractivity contribution is 0.0946. The molecule has 4 N–H and O–H groups in total. The highest BCUT2D eigenvalue weighted by Gasteiger charge is 2.22. The van der Waals surface area contributed by atoms with Crippen LogP contribution in [0.25, 0.3) is 0 Å². The van der Waals surface area contributed by atoms with E-state index in [1.54, 1.807) is 19.2 Å². The van der Waals surface area contributed by atoms with E-state index in [0.29, 0.717) is 17.2 Å². The Balaban J connectivity index is 1.36. The van der Waals surface area contributed by atoms with Crippen molar-refractivity contribution in [2.24, 2.45) is 0 Å². The zero-order valence-electron chi connectivity index (χ0n) is 16.6. The highest BCUT2D eigenvalue weighted by molar-refractivity contribution is 7.09. The Labute approximate surface area is 182 Å². The van der Waals surface area contributed by atoms with Gasteiger partial charge in [-0.25, -0.2) is 0 Å². The lowest BCUT2D eigenvalue weighted by Gasteiger charge is -2.07. The lowest BCUT2D eigenvalue weighted by atomic mass is 10.2. The average molecular weight is 440 g/mol. The van der Waals surface area contributed by atoms with Crippen molar-refractivity contribution in [2.45, 2.75) is 13.1 Å². The SMILES string of the molecule is COc1cccc(CNC(=O)c2nsc(C(=O)NCc3ccc4c(c3)OCO4)c2N)c1. The van der Waals surface area contributed by atoms with E-state index in [-0.39, 0.29) is 36.1 Å². The third kappa shape index (κ3) is 4.53. The molecule has 1 aromatic heterocycles. The molecule has 0 spiro atoms. The number of nitrogens with zero attached hydrogens (tertiary/aromatic N) is 1. The number of hydrogen-bond acceptors (Lipinski definition) is 8. The van der Waals surface area contributed by atoms with Gasteiger partial charge in [0.05, 0.1) is 12.8 Å². The summed E-state index contributed by atoms with van der Waals surface area (Å²) < 4.78 is 19.8. The van der Waals surface area contributed by atoms with Crippen LogP contribution >= 0.6 is 11.5 Å². The number of benzene rings is 2. The van der Waals surface area contributed by atoms with Crippen LogP contribution in [-0.4, -0.2) is 30.1 Å². The van der Waals surface area contributed by atoms with Crippen molar-refractivity contribution in [2.75, 3.05) is 19.6 Å². The van der Waals surface area contributed by atoms with Crippen LogP contribution in [0.5, 0.6) is 17.2 Å². The minimum absolute atomic E-state index is 0.0288. The van der Waals surface area contributed by atoms with Crippen molar-refractivity contribution in [3.63, 3.8) is 0 Å². The van der Waals surface area contributed by atoms with Crippen molar-refractivity contribution in [1.29, 1.82) is 0 Å². The normalized spacial score (nSPS) is 11.8. The predicted molar refractivity (Wildman–Crippen MR) is 114 cm³/mol. The van der Waals surface area contributed by atoms with Gasteiger partial charge in [-0.1, -0.05) is 18.2 Å². The number of rotatable bonds is 7. The standard InChI is InChI=1S/C21H20N4O5S/c1-28-14-4-2-3-12(7-14)9-23-20(26)18-17(22)19(31-25-18)21(27)24-10-13-5-6-15-16(8-13)30-11-29-15/h2-8H,9-11,22H2,1H3,(H,23,26)(H,24,27). The quantitative estimate of drug-likeness (QED) is 0.515. The first-order valence-corrected chi connectivity index (χ1v) is 10.2. The summed E-state index contributed by atoms with van der Waals surface area (Å²) >= 11 is 0.883. The highest BCUT2D eigenvalue weighted by Crippen LogP contribution is 2.32. The third-order valence-corrected chi connectivity index (χ3v) is 5.49. The number of fused-ring (bicyclic) bond motifs is 1. The summed E-state index contributed by atoms with van der Waals surface area (Å²) in [5.74, 6) is 1.15. The van der Waals surface area contributed by atoms with Gasteiger partial charge in [0.15, 0.2) is 17.2 Å². The number of carbonyl (C=O) groups excluding carboxylic acids is 2. The number of nitrogen functional groups attached to an aromatic ring is 1. The molecule has 31 heavy (non-hydrogen) atoms. The summed E-state index contributed by atoms with van der Waals surface area (Å²) in [6.45, 7) is 0.730. The second-order valence-electron chi connectivity index (χ2n) is 6.68. The summed E-state index contributed by atoms with van der Waals surface area (Å²) in [7, 11) is 1.58. The molecular formula is C21H20N4O5S. The van der Waals surface area contributed by atoms with Crippen LogP contribution in [0.15, 0.2) is 42.5 Å². The maximum absolute atomic E-state index is 12.5. The van der Waals surface area contributed by atoms with Gasteiger partial charge in [0.25, 0.3) is 11.8 Å². The molecule has 0 radical (unpaired) electrons. The van der Waals surface area contributed by atoms with Gasteiger partial charge in [-0.15, -0.1) is 0 Å². The van der Waals surface area contributed by atoms with E-state index in [2.05, 4.69) is 15.0 Å². The second kappa shape index (κ2) is 8.92. The minimum Gasteiger partial charge on any atom is -0.497 e. The van der Waals surface area contributed by atoms with E-state index >= 15 is 0 Å². The molecule has 9 nitrogen and oxygen atoms in total. The van der Waals surface area contributed by atoms with E-state index in [1.807, 2.05) is 30.3 Å². The number of anilines is 1.